The second-order valence-electron chi connectivity index (χ2n) is 5.44. The molecule has 106 valence electrons. The molecule has 0 saturated heterocycles. The molecule has 0 radical (unpaired) electrons. The van der Waals surface area contributed by atoms with Crippen molar-refractivity contribution in [2.24, 2.45) is 0 Å². The van der Waals surface area contributed by atoms with Gasteiger partial charge in [0.2, 0.25) is 0 Å². The van der Waals surface area contributed by atoms with E-state index in [0.29, 0.717) is 5.15 Å². The number of hydrogen-bond acceptors (Lipinski definition) is 3. The Morgan fingerprint density at radius 3 is 2.45 bits per heavy atom. The number of aromatic nitrogens is 2. The van der Waals surface area contributed by atoms with E-state index in [0.717, 1.165) is 22.9 Å². The van der Waals surface area contributed by atoms with Crippen molar-refractivity contribution in [1.29, 1.82) is 0 Å². The quantitative estimate of drug-likeness (QED) is 0.815. The number of aryl methyl sites for hydroxylation is 2. The maximum Gasteiger partial charge on any atom is 0.138 e. The predicted octanol–water partition coefficient (Wildman–Crippen LogP) is 4.92. The minimum absolute atomic E-state index is 0.243. The molecule has 2 rings (SSSR count). The van der Waals surface area contributed by atoms with Gasteiger partial charge in [-0.2, -0.15) is 0 Å². The molecule has 3 nitrogen and oxygen atoms in total. The number of anilines is 2. The molecule has 0 saturated carbocycles. The van der Waals surface area contributed by atoms with E-state index in [2.05, 4.69) is 61.2 Å². The Kier molecular flexibility index (Phi) is 4.29. The van der Waals surface area contributed by atoms with Gasteiger partial charge in [0.05, 0.1) is 0 Å². The van der Waals surface area contributed by atoms with Crippen molar-refractivity contribution < 1.29 is 0 Å². The van der Waals surface area contributed by atoms with E-state index in [1.165, 1.54) is 11.1 Å². The summed E-state index contributed by atoms with van der Waals surface area (Å²) in [5, 5.41) is 3.89. The van der Waals surface area contributed by atoms with Gasteiger partial charge in [-0.05, 0) is 38.0 Å². The Morgan fingerprint density at radius 2 is 1.80 bits per heavy atom. The van der Waals surface area contributed by atoms with Crippen molar-refractivity contribution in [3.05, 3.63) is 45.9 Å². The summed E-state index contributed by atoms with van der Waals surface area (Å²) in [6.45, 7) is 10.2. The highest BCUT2D eigenvalue weighted by Crippen LogP contribution is 2.27. The molecule has 1 aromatic carbocycles. The summed E-state index contributed by atoms with van der Waals surface area (Å²) < 4.78 is 0. The second kappa shape index (κ2) is 5.80. The van der Waals surface area contributed by atoms with Crippen LogP contribution in [0, 0.1) is 20.8 Å². The van der Waals surface area contributed by atoms with Gasteiger partial charge in [0, 0.05) is 17.2 Å². The number of nitrogens with zero attached hydrogens (tertiary/aromatic N) is 2. The molecule has 0 fully saturated rings. The SMILES string of the molecule is Cc1ccc(C)c(Nc2nc(C(C)C)nc(Cl)c2C)c1. The molecule has 0 aliphatic heterocycles. The number of nitrogens with one attached hydrogen (secondary N) is 1. The van der Waals surface area contributed by atoms with Gasteiger partial charge in [0.15, 0.2) is 0 Å². The molecule has 4 heteroatoms. The molecule has 0 unspecified atom stereocenters. The zero-order valence-corrected chi connectivity index (χ0v) is 13.3. The van der Waals surface area contributed by atoms with Crippen molar-refractivity contribution in [2.75, 3.05) is 5.32 Å². The fourth-order valence-electron chi connectivity index (χ4n) is 1.88. The molecule has 1 heterocycles. The van der Waals surface area contributed by atoms with E-state index in [-0.39, 0.29) is 5.92 Å². The van der Waals surface area contributed by atoms with Gasteiger partial charge in [0.1, 0.15) is 16.8 Å². The molecule has 2 aromatic rings. The maximum atomic E-state index is 6.21. The summed E-state index contributed by atoms with van der Waals surface area (Å²) in [5.41, 5.74) is 4.31. The Bertz CT molecular complexity index is 636. The molecule has 20 heavy (non-hydrogen) atoms. The van der Waals surface area contributed by atoms with Crippen molar-refractivity contribution in [2.45, 2.75) is 40.5 Å². The lowest BCUT2D eigenvalue weighted by Crippen LogP contribution is -2.05. The smallest absolute Gasteiger partial charge is 0.138 e. The molecular weight excluding hydrogens is 270 g/mol. The van der Waals surface area contributed by atoms with Crippen molar-refractivity contribution in [3.8, 4) is 0 Å². The maximum absolute atomic E-state index is 6.21. The number of rotatable bonds is 3. The molecule has 0 aliphatic carbocycles. The lowest BCUT2D eigenvalue weighted by Gasteiger charge is -2.14. The number of halogens is 1. The van der Waals surface area contributed by atoms with E-state index < -0.39 is 0 Å². The first-order chi connectivity index (χ1) is 9.38. The van der Waals surface area contributed by atoms with Gasteiger partial charge >= 0.3 is 0 Å². The Labute approximate surface area is 125 Å². The summed E-state index contributed by atoms with van der Waals surface area (Å²) in [6, 6.07) is 6.30. The van der Waals surface area contributed by atoms with Crippen molar-refractivity contribution >= 4 is 23.1 Å². The first kappa shape index (κ1) is 14.8. The van der Waals surface area contributed by atoms with Crippen LogP contribution in [0.4, 0.5) is 11.5 Å². The summed E-state index contributed by atoms with van der Waals surface area (Å²) in [6.07, 6.45) is 0. The third-order valence-electron chi connectivity index (χ3n) is 3.27. The predicted molar refractivity (Wildman–Crippen MR) is 85.1 cm³/mol. The lowest BCUT2D eigenvalue weighted by atomic mass is 10.1. The molecular formula is C16H20ClN3. The molecule has 0 aliphatic rings. The van der Waals surface area contributed by atoms with Gasteiger partial charge in [-0.3, -0.25) is 0 Å². The summed E-state index contributed by atoms with van der Waals surface area (Å²) in [5.74, 6) is 1.78. The number of hydrogen-bond donors (Lipinski definition) is 1. The molecule has 0 amide bonds. The minimum atomic E-state index is 0.243. The van der Waals surface area contributed by atoms with Gasteiger partial charge < -0.3 is 5.32 Å². The van der Waals surface area contributed by atoms with E-state index >= 15 is 0 Å². The highest BCUT2D eigenvalue weighted by atomic mass is 35.5. The highest BCUT2D eigenvalue weighted by Gasteiger charge is 2.12. The van der Waals surface area contributed by atoms with Crippen molar-refractivity contribution in [3.63, 3.8) is 0 Å². The Morgan fingerprint density at radius 1 is 1.10 bits per heavy atom. The molecule has 0 atom stereocenters. The van der Waals surface area contributed by atoms with Crippen LogP contribution in [0.25, 0.3) is 0 Å². The summed E-state index contributed by atoms with van der Waals surface area (Å²) >= 11 is 6.21. The fraction of sp³-hybridized carbons (Fsp3) is 0.375. The van der Waals surface area contributed by atoms with Crippen LogP contribution in [0.2, 0.25) is 5.15 Å². The minimum Gasteiger partial charge on any atom is -0.340 e. The van der Waals surface area contributed by atoms with E-state index in [4.69, 9.17) is 11.6 Å². The van der Waals surface area contributed by atoms with Crippen LogP contribution >= 0.6 is 11.6 Å². The molecule has 0 spiro atoms. The Balaban J connectivity index is 2.45. The van der Waals surface area contributed by atoms with Gasteiger partial charge in [-0.1, -0.05) is 37.6 Å². The van der Waals surface area contributed by atoms with Crippen molar-refractivity contribution in [1.82, 2.24) is 9.97 Å². The summed E-state index contributed by atoms with van der Waals surface area (Å²) in [4.78, 5) is 8.92. The van der Waals surface area contributed by atoms with E-state index in [1.807, 2.05) is 6.92 Å². The monoisotopic (exact) mass is 289 g/mol. The molecule has 1 aromatic heterocycles. The third kappa shape index (κ3) is 3.10. The van der Waals surface area contributed by atoms with Crippen LogP contribution in [0.5, 0.6) is 0 Å². The zero-order chi connectivity index (χ0) is 14.9. The average molecular weight is 290 g/mol. The number of benzene rings is 1. The van der Waals surface area contributed by atoms with Gasteiger partial charge in [-0.15, -0.1) is 0 Å². The van der Waals surface area contributed by atoms with Crippen LogP contribution in [-0.2, 0) is 0 Å². The zero-order valence-electron chi connectivity index (χ0n) is 12.6. The topological polar surface area (TPSA) is 37.8 Å². The van der Waals surface area contributed by atoms with Gasteiger partial charge in [0.25, 0.3) is 0 Å². The first-order valence-corrected chi connectivity index (χ1v) is 7.14. The fourth-order valence-corrected chi connectivity index (χ4v) is 2.06. The highest BCUT2D eigenvalue weighted by molar-refractivity contribution is 6.30. The second-order valence-corrected chi connectivity index (χ2v) is 5.80. The van der Waals surface area contributed by atoms with E-state index in [1.54, 1.807) is 0 Å². The first-order valence-electron chi connectivity index (χ1n) is 6.76. The normalized spacial score (nSPS) is 10.9. The van der Waals surface area contributed by atoms with Crippen LogP contribution in [0.3, 0.4) is 0 Å². The largest absolute Gasteiger partial charge is 0.340 e. The Hall–Kier alpha value is -1.61. The third-order valence-corrected chi connectivity index (χ3v) is 3.63. The van der Waals surface area contributed by atoms with Crippen LogP contribution in [-0.4, -0.2) is 9.97 Å². The lowest BCUT2D eigenvalue weighted by molar-refractivity contribution is 0.773. The van der Waals surface area contributed by atoms with Crippen LogP contribution in [0.15, 0.2) is 18.2 Å². The van der Waals surface area contributed by atoms with Crippen LogP contribution in [0.1, 0.15) is 42.3 Å². The average Bonchev–Trinajstić information content (AvgIpc) is 2.38. The standard InChI is InChI=1S/C16H20ClN3/c1-9(2)15-19-14(17)12(5)16(20-15)18-13-8-10(3)6-7-11(13)4/h6-9H,1-5H3,(H,18,19,20). The molecule has 0 bridgehead atoms. The van der Waals surface area contributed by atoms with Crippen LogP contribution < -0.4 is 5.32 Å². The summed E-state index contributed by atoms with van der Waals surface area (Å²) in [7, 11) is 0. The van der Waals surface area contributed by atoms with E-state index in [9.17, 15) is 0 Å². The molecule has 1 N–H and O–H groups in total. The van der Waals surface area contributed by atoms with Gasteiger partial charge in [-0.25, -0.2) is 9.97 Å².